The van der Waals surface area contributed by atoms with Crippen LogP contribution >= 0.6 is 0 Å². The molecule has 0 heterocycles. The van der Waals surface area contributed by atoms with Gasteiger partial charge in [-0.25, -0.2) is 0 Å². The summed E-state index contributed by atoms with van der Waals surface area (Å²) in [6.07, 6.45) is 5.23. The van der Waals surface area contributed by atoms with Gasteiger partial charge in [-0.05, 0) is 55.1 Å². The molecule has 2 heteroatoms. The fraction of sp³-hybridized carbons (Fsp3) is 0.632. The zero-order valence-corrected chi connectivity index (χ0v) is 13.9. The zero-order valence-electron chi connectivity index (χ0n) is 13.9. The van der Waals surface area contributed by atoms with Gasteiger partial charge in [0.2, 0.25) is 5.91 Å². The van der Waals surface area contributed by atoms with Gasteiger partial charge in [0.05, 0.1) is 6.42 Å². The first-order valence-corrected chi connectivity index (χ1v) is 8.20. The Hall–Kier alpha value is -1.31. The Morgan fingerprint density at radius 1 is 1.14 bits per heavy atom. The highest BCUT2D eigenvalue weighted by atomic mass is 16.1. The third kappa shape index (κ3) is 4.59. The number of hydrogen-bond donors (Lipinski definition) is 1. The van der Waals surface area contributed by atoms with Gasteiger partial charge >= 0.3 is 0 Å². The maximum atomic E-state index is 12.2. The van der Waals surface area contributed by atoms with Gasteiger partial charge in [-0.2, -0.15) is 0 Å². The standard InChI is InChI=1S/C19H29NO/c1-14-7-5-6-8-15(14)13-18(21)20-17-11-9-16(10-12-17)19(2,3)4/h5-8,16-17H,9-13H2,1-4H3,(H,20,21). The van der Waals surface area contributed by atoms with E-state index in [2.05, 4.69) is 39.1 Å². The normalized spacial score (nSPS) is 22.9. The number of amides is 1. The summed E-state index contributed by atoms with van der Waals surface area (Å²) >= 11 is 0. The van der Waals surface area contributed by atoms with Crippen LogP contribution in [0.3, 0.4) is 0 Å². The summed E-state index contributed by atoms with van der Waals surface area (Å²) < 4.78 is 0. The van der Waals surface area contributed by atoms with E-state index in [-0.39, 0.29) is 5.91 Å². The van der Waals surface area contributed by atoms with E-state index in [1.807, 2.05) is 18.2 Å². The molecule has 1 aromatic rings. The maximum absolute atomic E-state index is 12.2. The van der Waals surface area contributed by atoms with Crippen LogP contribution in [0.15, 0.2) is 24.3 Å². The van der Waals surface area contributed by atoms with Crippen LogP contribution in [-0.4, -0.2) is 11.9 Å². The molecule has 2 nitrogen and oxygen atoms in total. The molecule has 21 heavy (non-hydrogen) atoms. The van der Waals surface area contributed by atoms with Crippen LogP contribution in [0.5, 0.6) is 0 Å². The lowest BCUT2D eigenvalue weighted by Crippen LogP contribution is -2.40. The fourth-order valence-corrected chi connectivity index (χ4v) is 3.36. The second-order valence-electron chi connectivity index (χ2n) is 7.59. The molecule has 116 valence electrons. The minimum absolute atomic E-state index is 0.170. The summed E-state index contributed by atoms with van der Waals surface area (Å²) in [6.45, 7) is 9.05. The topological polar surface area (TPSA) is 29.1 Å². The van der Waals surface area contributed by atoms with Crippen molar-refractivity contribution in [2.75, 3.05) is 0 Å². The second-order valence-corrected chi connectivity index (χ2v) is 7.59. The van der Waals surface area contributed by atoms with Gasteiger partial charge in [0.15, 0.2) is 0 Å². The Bertz CT molecular complexity index is 479. The van der Waals surface area contributed by atoms with Crippen molar-refractivity contribution >= 4 is 5.91 Å². The predicted molar refractivity (Wildman–Crippen MR) is 88.2 cm³/mol. The average Bonchev–Trinajstić information content (AvgIpc) is 2.41. The van der Waals surface area contributed by atoms with Crippen LogP contribution in [0.4, 0.5) is 0 Å². The minimum atomic E-state index is 0.170. The fourth-order valence-electron chi connectivity index (χ4n) is 3.36. The molecule has 0 saturated heterocycles. The Labute approximate surface area is 129 Å². The lowest BCUT2D eigenvalue weighted by molar-refractivity contribution is -0.121. The first-order chi connectivity index (χ1) is 9.86. The molecule has 1 aliphatic rings. The number of carbonyl (C=O) groups excluding carboxylic acids is 1. The second kappa shape index (κ2) is 6.64. The van der Waals surface area contributed by atoms with Gasteiger partial charge in [-0.3, -0.25) is 4.79 Å². The third-order valence-electron chi connectivity index (χ3n) is 4.93. The quantitative estimate of drug-likeness (QED) is 0.884. The van der Waals surface area contributed by atoms with Crippen molar-refractivity contribution in [3.05, 3.63) is 35.4 Å². The number of rotatable bonds is 3. The van der Waals surface area contributed by atoms with Crippen molar-refractivity contribution in [1.29, 1.82) is 0 Å². The molecule has 0 aliphatic heterocycles. The molecule has 1 N–H and O–H groups in total. The molecule has 0 bridgehead atoms. The van der Waals surface area contributed by atoms with E-state index < -0.39 is 0 Å². The molecular weight excluding hydrogens is 258 g/mol. The summed E-state index contributed by atoms with van der Waals surface area (Å²) in [7, 11) is 0. The number of aryl methyl sites for hydroxylation is 1. The van der Waals surface area contributed by atoms with Gasteiger partial charge in [-0.15, -0.1) is 0 Å². The molecule has 1 aromatic carbocycles. The molecule has 1 saturated carbocycles. The number of carbonyl (C=O) groups is 1. The van der Waals surface area contributed by atoms with E-state index in [4.69, 9.17) is 0 Å². The van der Waals surface area contributed by atoms with Gasteiger partial charge in [0.25, 0.3) is 0 Å². The van der Waals surface area contributed by atoms with Crippen LogP contribution in [0.25, 0.3) is 0 Å². The number of benzene rings is 1. The molecule has 1 fully saturated rings. The molecule has 1 amide bonds. The monoisotopic (exact) mass is 287 g/mol. The molecule has 2 rings (SSSR count). The Balaban J connectivity index is 1.81. The predicted octanol–water partition coefficient (Wildman–Crippen LogP) is 4.26. The summed E-state index contributed by atoms with van der Waals surface area (Å²) in [4.78, 5) is 12.2. The van der Waals surface area contributed by atoms with E-state index >= 15 is 0 Å². The average molecular weight is 287 g/mol. The van der Waals surface area contributed by atoms with Gasteiger partial charge < -0.3 is 5.32 Å². The number of hydrogen-bond acceptors (Lipinski definition) is 1. The van der Waals surface area contributed by atoms with E-state index in [0.717, 1.165) is 24.3 Å². The summed E-state index contributed by atoms with van der Waals surface area (Å²) in [5.41, 5.74) is 2.73. The van der Waals surface area contributed by atoms with Crippen molar-refractivity contribution in [2.45, 2.75) is 65.8 Å². The van der Waals surface area contributed by atoms with Crippen molar-refractivity contribution in [3.8, 4) is 0 Å². The Morgan fingerprint density at radius 3 is 2.33 bits per heavy atom. The molecule has 0 radical (unpaired) electrons. The first-order valence-electron chi connectivity index (χ1n) is 8.20. The SMILES string of the molecule is Cc1ccccc1CC(=O)NC1CCC(C(C)(C)C)CC1. The first kappa shape index (κ1) is 16.1. The molecule has 0 spiro atoms. The smallest absolute Gasteiger partial charge is 0.224 e. The summed E-state index contributed by atoms with van der Waals surface area (Å²) in [5.74, 6) is 0.963. The highest BCUT2D eigenvalue weighted by molar-refractivity contribution is 5.79. The molecule has 0 aromatic heterocycles. The van der Waals surface area contributed by atoms with Crippen LogP contribution < -0.4 is 5.32 Å². The summed E-state index contributed by atoms with van der Waals surface area (Å²) in [5, 5.41) is 3.23. The summed E-state index contributed by atoms with van der Waals surface area (Å²) in [6, 6.07) is 8.51. The highest BCUT2D eigenvalue weighted by Crippen LogP contribution is 2.37. The van der Waals surface area contributed by atoms with Gasteiger partial charge in [0.1, 0.15) is 0 Å². The van der Waals surface area contributed by atoms with Crippen molar-refractivity contribution < 1.29 is 4.79 Å². The lowest BCUT2D eigenvalue weighted by atomic mass is 9.71. The van der Waals surface area contributed by atoms with Gasteiger partial charge in [0, 0.05) is 6.04 Å². The number of nitrogens with one attached hydrogen (secondary N) is 1. The maximum Gasteiger partial charge on any atom is 0.224 e. The Morgan fingerprint density at radius 2 is 1.76 bits per heavy atom. The van der Waals surface area contributed by atoms with E-state index in [0.29, 0.717) is 17.9 Å². The van der Waals surface area contributed by atoms with Crippen LogP contribution in [0.1, 0.15) is 57.6 Å². The van der Waals surface area contributed by atoms with E-state index in [1.165, 1.54) is 18.4 Å². The minimum Gasteiger partial charge on any atom is -0.353 e. The Kier molecular flexibility index (Phi) is 5.08. The third-order valence-corrected chi connectivity index (χ3v) is 4.93. The largest absolute Gasteiger partial charge is 0.353 e. The highest BCUT2D eigenvalue weighted by Gasteiger charge is 2.30. The van der Waals surface area contributed by atoms with Gasteiger partial charge in [-0.1, -0.05) is 45.0 Å². The van der Waals surface area contributed by atoms with E-state index in [1.54, 1.807) is 0 Å². The van der Waals surface area contributed by atoms with Crippen molar-refractivity contribution in [1.82, 2.24) is 5.32 Å². The van der Waals surface area contributed by atoms with Crippen molar-refractivity contribution in [3.63, 3.8) is 0 Å². The van der Waals surface area contributed by atoms with Crippen LogP contribution in [-0.2, 0) is 11.2 Å². The van der Waals surface area contributed by atoms with Crippen LogP contribution in [0.2, 0.25) is 0 Å². The lowest BCUT2D eigenvalue weighted by Gasteiger charge is -2.37. The molecule has 0 unspecified atom stereocenters. The zero-order chi connectivity index (χ0) is 15.5. The van der Waals surface area contributed by atoms with Crippen LogP contribution in [0, 0.1) is 18.3 Å². The van der Waals surface area contributed by atoms with Crippen molar-refractivity contribution in [2.24, 2.45) is 11.3 Å². The molecular formula is C19H29NO. The molecule has 1 aliphatic carbocycles. The molecule has 0 atom stereocenters. The van der Waals surface area contributed by atoms with E-state index in [9.17, 15) is 4.79 Å².